The van der Waals surface area contributed by atoms with Gasteiger partial charge in [0, 0.05) is 5.75 Å². The van der Waals surface area contributed by atoms with Gasteiger partial charge in [0.25, 0.3) is 0 Å². The normalized spacial score (nSPS) is 12.8. The standard InChI is InChI=1S/C18H27NOS/c1-6-9-20-17-8-7-16(18(3,4)5)11-15(17)10-14(2)12-21-13-19/h7-8,11,14H,6,9-10,12H2,1-5H3. The van der Waals surface area contributed by atoms with Crippen molar-refractivity contribution in [3.63, 3.8) is 0 Å². The van der Waals surface area contributed by atoms with Crippen molar-refractivity contribution < 1.29 is 4.74 Å². The molecule has 0 aliphatic rings. The van der Waals surface area contributed by atoms with E-state index in [0.717, 1.165) is 31.0 Å². The van der Waals surface area contributed by atoms with E-state index in [9.17, 15) is 0 Å². The van der Waals surface area contributed by atoms with E-state index in [-0.39, 0.29) is 5.41 Å². The first kappa shape index (κ1) is 17.9. The first-order chi connectivity index (χ1) is 9.88. The third-order valence-electron chi connectivity index (χ3n) is 3.39. The minimum atomic E-state index is 0.142. The number of hydrogen-bond acceptors (Lipinski definition) is 3. The number of thiocyanates is 1. The van der Waals surface area contributed by atoms with E-state index in [2.05, 4.69) is 58.2 Å². The molecule has 0 aromatic heterocycles. The van der Waals surface area contributed by atoms with E-state index < -0.39 is 0 Å². The summed E-state index contributed by atoms with van der Waals surface area (Å²) >= 11 is 1.33. The number of rotatable bonds is 7. The molecule has 0 N–H and O–H groups in total. The van der Waals surface area contributed by atoms with E-state index in [4.69, 9.17) is 10.00 Å². The van der Waals surface area contributed by atoms with Gasteiger partial charge in [0.05, 0.1) is 6.61 Å². The largest absolute Gasteiger partial charge is 0.493 e. The van der Waals surface area contributed by atoms with Gasteiger partial charge in [-0.15, -0.1) is 0 Å². The molecule has 0 heterocycles. The number of thioether (sulfide) groups is 1. The molecular weight excluding hydrogens is 278 g/mol. The van der Waals surface area contributed by atoms with E-state index in [0.29, 0.717) is 5.92 Å². The molecule has 3 heteroatoms. The predicted molar refractivity (Wildman–Crippen MR) is 91.9 cm³/mol. The second kappa shape index (κ2) is 8.34. The van der Waals surface area contributed by atoms with Crippen LogP contribution in [0.3, 0.4) is 0 Å². The maximum Gasteiger partial charge on any atom is 0.133 e. The Bertz CT molecular complexity index is 485. The highest BCUT2D eigenvalue weighted by Gasteiger charge is 2.17. The molecule has 0 spiro atoms. The molecule has 21 heavy (non-hydrogen) atoms. The van der Waals surface area contributed by atoms with Crippen LogP contribution in [0.25, 0.3) is 0 Å². The zero-order valence-corrected chi connectivity index (χ0v) is 14.7. The SMILES string of the molecule is CCCOc1ccc(C(C)(C)C)cc1CC(C)CSC#N. The maximum atomic E-state index is 8.69. The monoisotopic (exact) mass is 305 g/mol. The van der Waals surface area contributed by atoms with Crippen molar-refractivity contribution in [1.82, 2.24) is 0 Å². The Hall–Kier alpha value is -1.14. The molecular formula is C18H27NOS. The molecule has 0 radical (unpaired) electrons. The molecule has 116 valence electrons. The zero-order valence-electron chi connectivity index (χ0n) is 13.9. The van der Waals surface area contributed by atoms with Gasteiger partial charge in [-0.1, -0.05) is 46.8 Å². The summed E-state index contributed by atoms with van der Waals surface area (Å²) in [6.07, 6.45) is 1.97. The summed E-state index contributed by atoms with van der Waals surface area (Å²) in [4.78, 5) is 0. The fraction of sp³-hybridized carbons (Fsp3) is 0.611. The van der Waals surface area contributed by atoms with Crippen molar-refractivity contribution in [3.05, 3.63) is 29.3 Å². The third kappa shape index (κ3) is 6.01. The number of ether oxygens (including phenoxy) is 1. The van der Waals surface area contributed by atoms with Crippen LogP contribution in [0.1, 0.15) is 52.2 Å². The lowest BCUT2D eigenvalue weighted by Gasteiger charge is -2.22. The summed E-state index contributed by atoms with van der Waals surface area (Å²) in [5.41, 5.74) is 2.74. The smallest absolute Gasteiger partial charge is 0.133 e. The Morgan fingerprint density at radius 3 is 2.62 bits per heavy atom. The van der Waals surface area contributed by atoms with E-state index >= 15 is 0 Å². The molecule has 0 saturated heterocycles. The van der Waals surface area contributed by atoms with E-state index in [1.807, 2.05) is 0 Å². The fourth-order valence-electron chi connectivity index (χ4n) is 2.17. The summed E-state index contributed by atoms with van der Waals surface area (Å²) in [7, 11) is 0. The maximum absolute atomic E-state index is 8.69. The highest BCUT2D eigenvalue weighted by molar-refractivity contribution is 8.03. The molecule has 1 rings (SSSR count). The van der Waals surface area contributed by atoms with Gasteiger partial charge in [0.2, 0.25) is 0 Å². The van der Waals surface area contributed by atoms with Crippen LogP contribution < -0.4 is 4.74 Å². The Balaban J connectivity index is 2.96. The second-order valence-corrected chi connectivity index (χ2v) is 7.44. The van der Waals surface area contributed by atoms with Gasteiger partial charge >= 0.3 is 0 Å². The number of nitriles is 1. The third-order valence-corrected chi connectivity index (χ3v) is 4.25. The molecule has 1 aromatic carbocycles. The van der Waals surface area contributed by atoms with Crippen molar-refractivity contribution in [2.45, 2.75) is 52.9 Å². The van der Waals surface area contributed by atoms with Crippen molar-refractivity contribution in [3.8, 4) is 11.2 Å². The Labute approximate surface area is 133 Å². The second-order valence-electron chi connectivity index (χ2n) is 6.63. The topological polar surface area (TPSA) is 33.0 Å². The Morgan fingerprint density at radius 2 is 2.05 bits per heavy atom. The molecule has 0 saturated carbocycles. The summed E-state index contributed by atoms with van der Waals surface area (Å²) in [6, 6.07) is 6.55. The van der Waals surface area contributed by atoms with Crippen LogP contribution in [0.5, 0.6) is 5.75 Å². The molecule has 1 aromatic rings. The van der Waals surface area contributed by atoms with Crippen LogP contribution in [0.2, 0.25) is 0 Å². The van der Waals surface area contributed by atoms with E-state index in [1.165, 1.54) is 22.9 Å². The summed E-state index contributed by atoms with van der Waals surface area (Å²) < 4.78 is 5.89. The lowest BCUT2D eigenvalue weighted by molar-refractivity contribution is 0.312. The van der Waals surface area contributed by atoms with Crippen LogP contribution in [0.4, 0.5) is 0 Å². The molecule has 1 atom stereocenters. The predicted octanol–water partition coefficient (Wildman–Crippen LogP) is 5.17. The average molecular weight is 305 g/mol. The minimum Gasteiger partial charge on any atom is -0.493 e. The van der Waals surface area contributed by atoms with Crippen LogP contribution in [-0.2, 0) is 11.8 Å². The van der Waals surface area contributed by atoms with E-state index in [1.54, 1.807) is 0 Å². The van der Waals surface area contributed by atoms with Crippen LogP contribution in [0.15, 0.2) is 18.2 Å². The van der Waals surface area contributed by atoms with Gasteiger partial charge in [0.15, 0.2) is 0 Å². The fourth-order valence-corrected chi connectivity index (χ4v) is 2.65. The lowest BCUT2D eigenvalue weighted by Crippen LogP contribution is -2.13. The Morgan fingerprint density at radius 1 is 1.33 bits per heavy atom. The van der Waals surface area contributed by atoms with Crippen LogP contribution >= 0.6 is 11.8 Å². The summed E-state index contributed by atoms with van der Waals surface area (Å²) in [5, 5.41) is 10.8. The van der Waals surface area contributed by atoms with Crippen molar-refractivity contribution in [2.75, 3.05) is 12.4 Å². The lowest BCUT2D eigenvalue weighted by atomic mass is 9.85. The van der Waals surface area contributed by atoms with Crippen molar-refractivity contribution >= 4 is 11.8 Å². The molecule has 0 aliphatic carbocycles. The van der Waals surface area contributed by atoms with Crippen molar-refractivity contribution in [2.24, 2.45) is 5.92 Å². The average Bonchev–Trinajstić information content (AvgIpc) is 2.42. The summed E-state index contributed by atoms with van der Waals surface area (Å²) in [6.45, 7) is 11.8. The molecule has 0 aliphatic heterocycles. The highest BCUT2D eigenvalue weighted by Crippen LogP contribution is 2.30. The molecule has 0 bridgehead atoms. The van der Waals surface area contributed by atoms with Gasteiger partial charge in [-0.2, -0.15) is 5.26 Å². The highest BCUT2D eigenvalue weighted by atomic mass is 32.2. The summed E-state index contributed by atoms with van der Waals surface area (Å²) in [5.74, 6) is 2.33. The van der Waals surface area contributed by atoms with Gasteiger partial charge in [-0.05, 0) is 53.1 Å². The van der Waals surface area contributed by atoms with Gasteiger partial charge in [0.1, 0.15) is 11.2 Å². The number of benzene rings is 1. The van der Waals surface area contributed by atoms with Crippen molar-refractivity contribution in [1.29, 1.82) is 5.26 Å². The quantitative estimate of drug-likeness (QED) is 0.652. The van der Waals surface area contributed by atoms with Gasteiger partial charge in [-0.3, -0.25) is 0 Å². The zero-order chi connectivity index (χ0) is 15.9. The van der Waals surface area contributed by atoms with Gasteiger partial charge < -0.3 is 4.74 Å². The number of nitrogens with zero attached hydrogens (tertiary/aromatic N) is 1. The molecule has 0 amide bonds. The molecule has 1 unspecified atom stereocenters. The first-order valence-corrected chi connectivity index (χ1v) is 8.64. The van der Waals surface area contributed by atoms with Gasteiger partial charge in [-0.25, -0.2) is 0 Å². The minimum absolute atomic E-state index is 0.142. The first-order valence-electron chi connectivity index (χ1n) is 7.65. The molecule has 0 fully saturated rings. The molecule has 2 nitrogen and oxygen atoms in total. The Kier molecular flexibility index (Phi) is 7.11. The number of hydrogen-bond donors (Lipinski definition) is 0. The van der Waals surface area contributed by atoms with Crippen LogP contribution in [-0.4, -0.2) is 12.4 Å². The van der Waals surface area contributed by atoms with Crippen LogP contribution in [0, 0.1) is 16.6 Å².